The molecule has 0 radical (unpaired) electrons. The molecule has 0 saturated heterocycles. The molecule has 5 heteroatoms. The molecule has 94 valence electrons. The fourth-order valence-electron chi connectivity index (χ4n) is 1.65. The Morgan fingerprint density at radius 1 is 1.47 bits per heavy atom. The number of carbonyl (C=O) groups is 1. The van der Waals surface area contributed by atoms with Crippen molar-refractivity contribution in [1.82, 2.24) is 5.32 Å². The zero-order valence-electron chi connectivity index (χ0n) is 10.0. The number of alkyl halides is 2. The van der Waals surface area contributed by atoms with Crippen LogP contribution in [0.1, 0.15) is 27.9 Å². The van der Waals surface area contributed by atoms with E-state index in [-0.39, 0.29) is 29.2 Å². The average Bonchev–Trinajstić information content (AvgIpc) is 2.28. The van der Waals surface area contributed by atoms with Crippen molar-refractivity contribution in [3.8, 4) is 5.75 Å². The fraction of sp³-hybridized carbons (Fsp3) is 0.417. The minimum atomic E-state index is -2.66. The first-order valence-corrected chi connectivity index (χ1v) is 5.15. The molecule has 0 aliphatic carbocycles. The fourth-order valence-corrected chi connectivity index (χ4v) is 1.65. The van der Waals surface area contributed by atoms with E-state index >= 15 is 0 Å². The first-order valence-electron chi connectivity index (χ1n) is 5.15. The number of hydrogen-bond acceptors (Lipinski definition) is 3. The van der Waals surface area contributed by atoms with Crippen molar-refractivity contribution in [1.29, 1.82) is 0 Å². The molecule has 0 aliphatic rings. The number of nitrogens with one attached hydrogen (secondary N) is 1. The molecule has 1 N–H and O–H groups in total. The van der Waals surface area contributed by atoms with Gasteiger partial charge in [0.2, 0.25) is 0 Å². The van der Waals surface area contributed by atoms with Crippen molar-refractivity contribution in [3.63, 3.8) is 0 Å². The molecule has 0 unspecified atom stereocenters. The minimum Gasteiger partial charge on any atom is -0.495 e. The van der Waals surface area contributed by atoms with Crippen LogP contribution in [-0.2, 0) is 0 Å². The number of halogens is 2. The van der Waals surface area contributed by atoms with Crippen LogP contribution in [0.25, 0.3) is 0 Å². The van der Waals surface area contributed by atoms with Gasteiger partial charge in [-0.2, -0.15) is 0 Å². The van der Waals surface area contributed by atoms with Gasteiger partial charge in [-0.25, -0.2) is 8.78 Å². The third kappa shape index (κ3) is 3.00. The Labute approximate surface area is 98.8 Å². The van der Waals surface area contributed by atoms with Crippen LogP contribution < -0.4 is 10.1 Å². The second-order valence-corrected chi connectivity index (χ2v) is 3.69. The van der Waals surface area contributed by atoms with Gasteiger partial charge in [0.15, 0.2) is 5.78 Å². The number of benzene rings is 1. The Bertz CT molecular complexity index is 419. The number of Topliss-reactive ketones (excluding diaryl/α,β-unsaturated/α-hetero) is 1. The maximum absolute atomic E-state index is 12.8. The van der Waals surface area contributed by atoms with Crippen LogP contribution in [-0.4, -0.2) is 26.5 Å². The number of methoxy groups -OCH3 is 1. The number of rotatable bonds is 5. The Morgan fingerprint density at radius 3 is 2.59 bits per heavy atom. The highest BCUT2D eigenvalue weighted by Gasteiger charge is 2.21. The summed E-state index contributed by atoms with van der Waals surface area (Å²) in [5.74, 6) is -0.305. The van der Waals surface area contributed by atoms with Gasteiger partial charge >= 0.3 is 0 Å². The molecule has 17 heavy (non-hydrogen) atoms. The van der Waals surface area contributed by atoms with E-state index in [1.54, 1.807) is 20.0 Å². The molecule has 0 aromatic heterocycles. The molecule has 0 atom stereocenters. The number of aryl methyl sites for hydroxylation is 1. The molecule has 0 saturated carbocycles. The van der Waals surface area contributed by atoms with Gasteiger partial charge < -0.3 is 10.1 Å². The van der Waals surface area contributed by atoms with Gasteiger partial charge in [0.25, 0.3) is 6.43 Å². The largest absolute Gasteiger partial charge is 0.495 e. The van der Waals surface area contributed by atoms with Crippen LogP contribution in [0.15, 0.2) is 12.1 Å². The maximum Gasteiger partial charge on any atom is 0.267 e. The average molecular weight is 243 g/mol. The van der Waals surface area contributed by atoms with Gasteiger partial charge in [-0.1, -0.05) is 0 Å². The second-order valence-electron chi connectivity index (χ2n) is 3.69. The third-order valence-electron chi connectivity index (χ3n) is 2.34. The molecule has 0 fully saturated rings. The predicted octanol–water partition coefficient (Wildman–Crippen LogP) is 2.34. The Balaban J connectivity index is 3.32. The quantitative estimate of drug-likeness (QED) is 0.807. The molecule has 0 spiro atoms. The molecule has 1 aromatic carbocycles. The molecule has 0 bridgehead atoms. The smallest absolute Gasteiger partial charge is 0.267 e. The van der Waals surface area contributed by atoms with E-state index in [1.165, 1.54) is 13.2 Å². The van der Waals surface area contributed by atoms with E-state index in [4.69, 9.17) is 4.74 Å². The molecular formula is C12H15F2NO2. The Kier molecular flexibility index (Phi) is 4.57. The van der Waals surface area contributed by atoms with E-state index in [1.807, 2.05) is 0 Å². The lowest BCUT2D eigenvalue weighted by atomic mass is 10.0. The molecule has 1 aromatic rings. The van der Waals surface area contributed by atoms with Crippen LogP contribution in [0.5, 0.6) is 5.75 Å². The lowest BCUT2D eigenvalue weighted by Gasteiger charge is -2.13. The molecule has 3 nitrogen and oxygen atoms in total. The number of likely N-dealkylation sites (N-methyl/N-ethyl adjacent to an activating group) is 1. The summed E-state index contributed by atoms with van der Waals surface area (Å²) in [7, 11) is 2.90. The van der Waals surface area contributed by atoms with Crippen molar-refractivity contribution < 1.29 is 18.3 Å². The first-order chi connectivity index (χ1) is 8.01. The van der Waals surface area contributed by atoms with Crippen LogP contribution in [0.4, 0.5) is 8.78 Å². The van der Waals surface area contributed by atoms with Crippen LogP contribution >= 0.6 is 0 Å². The standard InChI is InChI=1S/C12H15F2NO2/c1-7-4-8(10(16)6-15-2)11(17-3)9(5-7)12(13)14/h4-5,12,15H,6H2,1-3H3. The van der Waals surface area contributed by atoms with Gasteiger partial charge in [-0.15, -0.1) is 0 Å². The summed E-state index contributed by atoms with van der Waals surface area (Å²) in [6.45, 7) is 1.75. The van der Waals surface area contributed by atoms with Crippen molar-refractivity contribution in [2.24, 2.45) is 0 Å². The monoisotopic (exact) mass is 243 g/mol. The summed E-state index contributed by atoms with van der Waals surface area (Å²) in [5.41, 5.74) is 0.560. The molecule has 0 amide bonds. The summed E-state index contributed by atoms with van der Waals surface area (Å²) in [6, 6.07) is 2.89. The Hall–Kier alpha value is -1.49. The summed E-state index contributed by atoms with van der Waals surface area (Å²) in [4.78, 5) is 11.8. The van der Waals surface area contributed by atoms with E-state index in [2.05, 4.69) is 5.32 Å². The van der Waals surface area contributed by atoms with Gasteiger partial charge in [0.05, 0.1) is 24.8 Å². The van der Waals surface area contributed by atoms with Crippen molar-refractivity contribution in [3.05, 3.63) is 28.8 Å². The highest BCUT2D eigenvalue weighted by atomic mass is 19.3. The number of hydrogen-bond donors (Lipinski definition) is 1. The summed E-state index contributed by atoms with van der Waals surface area (Å²) >= 11 is 0. The van der Waals surface area contributed by atoms with E-state index < -0.39 is 6.43 Å². The molecular weight excluding hydrogens is 228 g/mol. The maximum atomic E-state index is 12.8. The zero-order valence-corrected chi connectivity index (χ0v) is 10.0. The first kappa shape index (κ1) is 13.6. The lowest BCUT2D eigenvalue weighted by molar-refractivity contribution is 0.0989. The van der Waals surface area contributed by atoms with Crippen LogP contribution in [0, 0.1) is 6.92 Å². The third-order valence-corrected chi connectivity index (χ3v) is 2.34. The van der Waals surface area contributed by atoms with Crippen LogP contribution in [0.3, 0.4) is 0 Å². The summed E-state index contributed by atoms with van der Waals surface area (Å²) in [5, 5.41) is 2.69. The van der Waals surface area contributed by atoms with Gasteiger partial charge in [0.1, 0.15) is 5.75 Å². The number of carbonyl (C=O) groups excluding carboxylic acids is 1. The molecule has 0 heterocycles. The number of ketones is 1. The van der Waals surface area contributed by atoms with Crippen molar-refractivity contribution in [2.75, 3.05) is 20.7 Å². The van der Waals surface area contributed by atoms with Crippen LogP contribution in [0.2, 0.25) is 0 Å². The minimum absolute atomic E-state index is 0.0362. The Morgan fingerprint density at radius 2 is 2.12 bits per heavy atom. The van der Waals surface area contributed by atoms with Crippen molar-refractivity contribution in [2.45, 2.75) is 13.3 Å². The highest BCUT2D eigenvalue weighted by molar-refractivity contribution is 6.00. The van der Waals surface area contributed by atoms with E-state index in [0.29, 0.717) is 5.56 Å². The molecule has 1 rings (SSSR count). The number of ether oxygens (including phenoxy) is 1. The van der Waals surface area contributed by atoms with Crippen molar-refractivity contribution >= 4 is 5.78 Å². The SMILES string of the molecule is CNCC(=O)c1cc(C)cc(C(F)F)c1OC. The summed E-state index contributed by atoms with van der Waals surface area (Å²) in [6.07, 6.45) is -2.66. The lowest BCUT2D eigenvalue weighted by Crippen LogP contribution is -2.19. The van der Waals surface area contributed by atoms with Gasteiger partial charge in [-0.05, 0) is 31.7 Å². The van der Waals surface area contributed by atoms with E-state index in [0.717, 1.165) is 0 Å². The van der Waals surface area contributed by atoms with Gasteiger partial charge in [-0.3, -0.25) is 4.79 Å². The van der Waals surface area contributed by atoms with E-state index in [9.17, 15) is 13.6 Å². The topological polar surface area (TPSA) is 38.3 Å². The second kappa shape index (κ2) is 5.72. The normalized spacial score (nSPS) is 10.7. The molecule has 0 aliphatic heterocycles. The highest BCUT2D eigenvalue weighted by Crippen LogP contribution is 2.33. The zero-order chi connectivity index (χ0) is 13.0. The summed E-state index contributed by atoms with van der Waals surface area (Å²) < 4.78 is 30.6. The van der Waals surface area contributed by atoms with Gasteiger partial charge in [0, 0.05) is 0 Å². The predicted molar refractivity (Wildman–Crippen MR) is 60.9 cm³/mol.